The van der Waals surface area contributed by atoms with Gasteiger partial charge >= 0.3 is 0 Å². The Morgan fingerprint density at radius 3 is 2.41 bits per heavy atom. The van der Waals surface area contributed by atoms with E-state index < -0.39 is 0 Å². The lowest BCUT2D eigenvalue weighted by Gasteiger charge is -2.52. The van der Waals surface area contributed by atoms with Gasteiger partial charge in [0.2, 0.25) is 0 Å². The second-order valence-corrected chi connectivity index (χ2v) is 6.72. The van der Waals surface area contributed by atoms with Crippen LogP contribution in [0.25, 0.3) is 0 Å². The van der Waals surface area contributed by atoms with Crippen molar-refractivity contribution in [2.75, 3.05) is 13.6 Å². The molecule has 0 aliphatic heterocycles. The van der Waals surface area contributed by atoms with Gasteiger partial charge in [-0.15, -0.1) is 0 Å². The molecule has 2 atom stereocenters. The highest BCUT2D eigenvalue weighted by Gasteiger charge is 2.42. The fourth-order valence-corrected chi connectivity index (χ4v) is 3.77. The summed E-state index contributed by atoms with van der Waals surface area (Å²) in [5.41, 5.74) is 6.49. The van der Waals surface area contributed by atoms with Crippen LogP contribution in [-0.4, -0.2) is 30.1 Å². The molecule has 0 aromatic carbocycles. The van der Waals surface area contributed by atoms with Crippen LogP contribution >= 0.6 is 0 Å². The van der Waals surface area contributed by atoms with Crippen LogP contribution < -0.4 is 5.73 Å². The third kappa shape index (κ3) is 2.53. The summed E-state index contributed by atoms with van der Waals surface area (Å²) in [6.07, 6.45) is 9.64. The van der Waals surface area contributed by atoms with Gasteiger partial charge in [0.15, 0.2) is 0 Å². The first-order valence-corrected chi connectivity index (χ1v) is 7.52. The molecule has 100 valence electrons. The van der Waals surface area contributed by atoms with E-state index in [-0.39, 0.29) is 0 Å². The van der Waals surface area contributed by atoms with Crippen molar-refractivity contribution < 1.29 is 0 Å². The first-order valence-electron chi connectivity index (χ1n) is 7.52. The van der Waals surface area contributed by atoms with Crippen molar-refractivity contribution in [3.63, 3.8) is 0 Å². The van der Waals surface area contributed by atoms with Crippen LogP contribution in [0.4, 0.5) is 0 Å². The van der Waals surface area contributed by atoms with E-state index in [9.17, 15) is 0 Å². The van der Waals surface area contributed by atoms with Gasteiger partial charge in [0.1, 0.15) is 0 Å². The van der Waals surface area contributed by atoms with Gasteiger partial charge in [-0.05, 0) is 44.6 Å². The molecule has 17 heavy (non-hydrogen) atoms. The largest absolute Gasteiger partial charge is 0.329 e. The highest BCUT2D eigenvalue weighted by Crippen LogP contribution is 2.42. The van der Waals surface area contributed by atoms with Gasteiger partial charge in [-0.25, -0.2) is 0 Å². The Hall–Kier alpha value is -0.0800. The molecule has 2 N–H and O–H groups in total. The standard InChI is InChI=1S/C15H30N2/c1-12(2)13-6-5-9-15(10-13,11-16)17(3)14-7-4-8-14/h12-14H,4-11,16H2,1-3H3. The molecule has 0 bridgehead atoms. The van der Waals surface area contributed by atoms with Gasteiger partial charge in [0.05, 0.1) is 0 Å². The average molecular weight is 238 g/mol. The van der Waals surface area contributed by atoms with Crippen molar-refractivity contribution in [2.24, 2.45) is 17.6 Å². The molecule has 0 saturated heterocycles. The zero-order chi connectivity index (χ0) is 12.5. The maximum absolute atomic E-state index is 6.18. The molecule has 2 fully saturated rings. The molecular formula is C15H30N2. The Labute approximate surface area is 107 Å². The summed E-state index contributed by atoms with van der Waals surface area (Å²) in [4.78, 5) is 2.66. The summed E-state index contributed by atoms with van der Waals surface area (Å²) in [5.74, 6) is 1.70. The molecule has 2 heteroatoms. The molecule has 2 aliphatic carbocycles. The van der Waals surface area contributed by atoms with Gasteiger partial charge < -0.3 is 5.73 Å². The summed E-state index contributed by atoms with van der Waals surface area (Å²) in [5, 5.41) is 0. The maximum atomic E-state index is 6.18. The predicted molar refractivity (Wildman–Crippen MR) is 74.0 cm³/mol. The third-order valence-corrected chi connectivity index (χ3v) is 5.55. The minimum absolute atomic E-state index is 0.318. The lowest BCUT2D eigenvalue weighted by atomic mass is 9.70. The number of rotatable bonds is 4. The van der Waals surface area contributed by atoms with E-state index in [4.69, 9.17) is 5.73 Å². The number of hydrogen-bond acceptors (Lipinski definition) is 2. The Kier molecular flexibility index (Phi) is 4.14. The first kappa shape index (κ1) is 13.4. The molecular weight excluding hydrogens is 208 g/mol. The molecule has 2 nitrogen and oxygen atoms in total. The molecule has 0 aromatic heterocycles. The second-order valence-electron chi connectivity index (χ2n) is 6.72. The zero-order valence-corrected chi connectivity index (χ0v) is 11.9. The first-order chi connectivity index (χ1) is 8.09. The summed E-state index contributed by atoms with van der Waals surface area (Å²) >= 11 is 0. The highest BCUT2D eigenvalue weighted by molar-refractivity contribution is 4.99. The average Bonchev–Trinajstić information content (AvgIpc) is 2.26. The van der Waals surface area contributed by atoms with Crippen LogP contribution in [0.1, 0.15) is 58.8 Å². The van der Waals surface area contributed by atoms with Crippen LogP contribution in [0.15, 0.2) is 0 Å². The summed E-state index contributed by atoms with van der Waals surface area (Å²) in [6, 6.07) is 0.824. The van der Waals surface area contributed by atoms with E-state index in [1.54, 1.807) is 0 Å². The number of likely N-dealkylation sites (N-methyl/N-ethyl adjacent to an activating group) is 1. The number of nitrogens with zero attached hydrogens (tertiary/aromatic N) is 1. The van der Waals surface area contributed by atoms with Crippen molar-refractivity contribution >= 4 is 0 Å². The molecule has 0 amide bonds. The quantitative estimate of drug-likeness (QED) is 0.816. The minimum Gasteiger partial charge on any atom is -0.329 e. The molecule has 2 unspecified atom stereocenters. The molecule has 0 aromatic rings. The lowest BCUT2D eigenvalue weighted by molar-refractivity contribution is -0.00930. The van der Waals surface area contributed by atoms with Crippen molar-refractivity contribution in [2.45, 2.75) is 70.4 Å². The van der Waals surface area contributed by atoms with Gasteiger partial charge in [-0.3, -0.25) is 4.90 Å². The van der Waals surface area contributed by atoms with Crippen molar-refractivity contribution in [1.82, 2.24) is 4.90 Å². The Balaban J connectivity index is 2.06. The van der Waals surface area contributed by atoms with Crippen molar-refractivity contribution in [3.05, 3.63) is 0 Å². The molecule has 0 heterocycles. The highest BCUT2D eigenvalue weighted by atomic mass is 15.2. The molecule has 2 rings (SSSR count). The Morgan fingerprint density at radius 2 is 1.94 bits per heavy atom. The van der Waals surface area contributed by atoms with E-state index in [2.05, 4.69) is 25.8 Å². The Morgan fingerprint density at radius 1 is 1.24 bits per heavy atom. The van der Waals surface area contributed by atoms with Crippen LogP contribution in [0.5, 0.6) is 0 Å². The van der Waals surface area contributed by atoms with Crippen LogP contribution in [-0.2, 0) is 0 Å². The Bertz CT molecular complexity index is 247. The number of nitrogens with two attached hydrogens (primary N) is 1. The van der Waals surface area contributed by atoms with Crippen LogP contribution in [0, 0.1) is 11.8 Å². The van der Waals surface area contributed by atoms with E-state index in [0.29, 0.717) is 5.54 Å². The summed E-state index contributed by atoms with van der Waals surface area (Å²) in [6.45, 7) is 5.60. The lowest BCUT2D eigenvalue weighted by Crippen LogP contribution is -2.59. The molecule has 2 aliphatic rings. The fraction of sp³-hybridized carbons (Fsp3) is 1.00. The van der Waals surface area contributed by atoms with Crippen LogP contribution in [0.3, 0.4) is 0 Å². The van der Waals surface area contributed by atoms with Crippen LogP contribution in [0.2, 0.25) is 0 Å². The van der Waals surface area contributed by atoms with Gasteiger partial charge in [0.25, 0.3) is 0 Å². The third-order valence-electron chi connectivity index (χ3n) is 5.55. The molecule has 0 spiro atoms. The second kappa shape index (κ2) is 5.27. The normalized spacial score (nSPS) is 35.3. The van der Waals surface area contributed by atoms with Gasteiger partial charge in [-0.1, -0.05) is 33.1 Å². The predicted octanol–water partition coefficient (Wildman–Crippen LogP) is 3.01. The van der Waals surface area contributed by atoms with Crippen molar-refractivity contribution in [1.29, 1.82) is 0 Å². The summed E-state index contributed by atoms with van der Waals surface area (Å²) in [7, 11) is 2.33. The van der Waals surface area contributed by atoms with Gasteiger partial charge in [-0.2, -0.15) is 0 Å². The van der Waals surface area contributed by atoms with E-state index in [1.165, 1.54) is 44.9 Å². The smallest absolute Gasteiger partial charge is 0.0334 e. The topological polar surface area (TPSA) is 29.3 Å². The van der Waals surface area contributed by atoms with E-state index in [1.807, 2.05) is 0 Å². The van der Waals surface area contributed by atoms with Crippen molar-refractivity contribution in [3.8, 4) is 0 Å². The number of hydrogen-bond donors (Lipinski definition) is 1. The summed E-state index contributed by atoms with van der Waals surface area (Å²) < 4.78 is 0. The molecule has 2 saturated carbocycles. The van der Waals surface area contributed by atoms with E-state index >= 15 is 0 Å². The minimum atomic E-state index is 0.318. The molecule has 0 radical (unpaired) electrons. The van der Waals surface area contributed by atoms with E-state index in [0.717, 1.165) is 24.4 Å². The SMILES string of the molecule is CC(C)C1CCCC(CN)(N(C)C2CCC2)C1. The maximum Gasteiger partial charge on any atom is 0.0334 e. The zero-order valence-electron chi connectivity index (χ0n) is 11.9. The fourth-order valence-electron chi connectivity index (χ4n) is 3.77. The monoisotopic (exact) mass is 238 g/mol. The van der Waals surface area contributed by atoms with Gasteiger partial charge in [0, 0.05) is 18.1 Å².